The summed E-state index contributed by atoms with van der Waals surface area (Å²) in [6, 6.07) is 7.99. The van der Waals surface area contributed by atoms with E-state index in [1.54, 1.807) is 17.9 Å². The topological polar surface area (TPSA) is 73.0 Å². The molecule has 2 heterocycles. The predicted molar refractivity (Wildman–Crippen MR) is 83.6 cm³/mol. The van der Waals surface area contributed by atoms with Gasteiger partial charge in [0.15, 0.2) is 0 Å². The lowest BCUT2D eigenvalue weighted by molar-refractivity contribution is -0.137. The maximum absolute atomic E-state index is 13.0. The minimum atomic E-state index is -4.44. The number of aromatic nitrogens is 2. The van der Waals surface area contributed by atoms with E-state index in [2.05, 4.69) is 9.97 Å². The van der Waals surface area contributed by atoms with Gasteiger partial charge in [-0.2, -0.15) is 18.4 Å². The summed E-state index contributed by atoms with van der Waals surface area (Å²) in [5.74, 6) is 0.232. The van der Waals surface area contributed by atoms with Crippen LogP contribution in [-0.2, 0) is 6.18 Å². The first kappa shape index (κ1) is 17.2. The van der Waals surface area contributed by atoms with Crippen molar-refractivity contribution in [3.63, 3.8) is 0 Å². The average molecular weight is 348 g/mol. The van der Waals surface area contributed by atoms with Crippen molar-refractivity contribution >= 4 is 5.95 Å². The molecular weight excluding hydrogens is 333 g/mol. The molecular formula is C17H15F3N4O. The molecule has 2 atom stereocenters. The van der Waals surface area contributed by atoms with Crippen LogP contribution in [-0.4, -0.2) is 27.7 Å². The average Bonchev–Trinajstić information content (AvgIpc) is 2.95. The maximum atomic E-state index is 13.0. The third kappa shape index (κ3) is 3.56. The number of alkyl halides is 3. The van der Waals surface area contributed by atoms with Crippen molar-refractivity contribution in [2.45, 2.75) is 31.7 Å². The number of hydrogen-bond acceptors (Lipinski definition) is 5. The van der Waals surface area contributed by atoms with Gasteiger partial charge in [0.25, 0.3) is 0 Å². The fourth-order valence-corrected chi connectivity index (χ4v) is 3.01. The normalized spacial score (nSPS) is 20.6. The summed E-state index contributed by atoms with van der Waals surface area (Å²) in [7, 11) is 0. The summed E-state index contributed by atoms with van der Waals surface area (Å²) < 4.78 is 38.9. The van der Waals surface area contributed by atoms with Crippen molar-refractivity contribution in [1.82, 2.24) is 9.97 Å². The van der Waals surface area contributed by atoms with E-state index in [1.807, 2.05) is 6.07 Å². The smallest absolute Gasteiger partial charge is 0.391 e. The lowest BCUT2D eigenvalue weighted by Crippen LogP contribution is -2.27. The van der Waals surface area contributed by atoms with Gasteiger partial charge < -0.3 is 10.0 Å². The molecule has 130 valence electrons. The largest absolute Gasteiger partial charge is 0.416 e. The van der Waals surface area contributed by atoms with Crippen LogP contribution in [0.15, 0.2) is 30.3 Å². The fraction of sp³-hybridized carbons (Fsp3) is 0.353. The van der Waals surface area contributed by atoms with Gasteiger partial charge in [-0.25, -0.2) is 9.97 Å². The van der Waals surface area contributed by atoms with E-state index in [0.29, 0.717) is 11.3 Å². The SMILES string of the molecule is Cc1cc(C#N)nc(N2CC(O)CC2c2cccc(C(F)(F)F)c2)n1. The highest BCUT2D eigenvalue weighted by Gasteiger charge is 2.36. The number of halogens is 3. The number of aliphatic hydroxyl groups excluding tert-OH is 1. The molecule has 0 amide bonds. The van der Waals surface area contributed by atoms with Crippen LogP contribution >= 0.6 is 0 Å². The van der Waals surface area contributed by atoms with Crippen molar-refractivity contribution in [3.05, 3.63) is 52.8 Å². The van der Waals surface area contributed by atoms with Gasteiger partial charge in [-0.3, -0.25) is 0 Å². The summed E-state index contributed by atoms with van der Waals surface area (Å²) in [5.41, 5.74) is 0.432. The molecule has 1 aromatic heterocycles. The maximum Gasteiger partial charge on any atom is 0.416 e. The molecule has 1 N–H and O–H groups in total. The zero-order valence-corrected chi connectivity index (χ0v) is 13.3. The van der Waals surface area contributed by atoms with Gasteiger partial charge in [0, 0.05) is 12.2 Å². The number of β-amino-alcohol motifs (C(OH)–C–C–N with tert-alkyl or cyclic N) is 1. The first-order valence-electron chi connectivity index (χ1n) is 7.65. The fourth-order valence-electron chi connectivity index (χ4n) is 3.01. The van der Waals surface area contributed by atoms with Crippen LogP contribution in [0.25, 0.3) is 0 Å². The van der Waals surface area contributed by atoms with E-state index >= 15 is 0 Å². The van der Waals surface area contributed by atoms with Crippen molar-refractivity contribution in [2.24, 2.45) is 0 Å². The highest BCUT2D eigenvalue weighted by atomic mass is 19.4. The van der Waals surface area contributed by atoms with Gasteiger partial charge in [-0.05, 0) is 37.1 Å². The summed E-state index contributed by atoms with van der Waals surface area (Å²) in [6.07, 6.45) is -4.89. The third-order valence-electron chi connectivity index (χ3n) is 4.09. The molecule has 8 heteroatoms. The van der Waals surface area contributed by atoms with E-state index in [4.69, 9.17) is 5.26 Å². The third-order valence-corrected chi connectivity index (χ3v) is 4.09. The van der Waals surface area contributed by atoms with Gasteiger partial charge in [0.05, 0.1) is 17.7 Å². The van der Waals surface area contributed by atoms with Crippen molar-refractivity contribution in [2.75, 3.05) is 11.4 Å². The molecule has 3 rings (SSSR count). The second-order valence-electron chi connectivity index (χ2n) is 5.99. The van der Waals surface area contributed by atoms with Gasteiger partial charge in [-0.15, -0.1) is 0 Å². The molecule has 2 unspecified atom stereocenters. The van der Waals surface area contributed by atoms with Gasteiger partial charge in [0.1, 0.15) is 11.8 Å². The molecule has 0 radical (unpaired) electrons. The highest BCUT2D eigenvalue weighted by Crippen LogP contribution is 2.37. The van der Waals surface area contributed by atoms with E-state index < -0.39 is 23.9 Å². The molecule has 1 aliphatic rings. The van der Waals surface area contributed by atoms with Crippen LogP contribution < -0.4 is 4.90 Å². The Kier molecular flexibility index (Phi) is 4.35. The Morgan fingerprint density at radius 2 is 2.04 bits per heavy atom. The molecule has 0 bridgehead atoms. The molecule has 5 nitrogen and oxygen atoms in total. The number of rotatable bonds is 2. The minimum Gasteiger partial charge on any atom is -0.391 e. The number of benzene rings is 1. The van der Waals surface area contributed by atoms with Crippen molar-refractivity contribution in [1.29, 1.82) is 5.26 Å². The first-order valence-corrected chi connectivity index (χ1v) is 7.65. The Hall–Kier alpha value is -2.66. The van der Waals surface area contributed by atoms with Gasteiger partial charge >= 0.3 is 6.18 Å². The minimum absolute atomic E-state index is 0.173. The predicted octanol–water partition coefficient (Wildman–Crippen LogP) is 2.99. The summed E-state index contributed by atoms with van der Waals surface area (Å²) in [6.45, 7) is 1.90. The van der Waals surface area contributed by atoms with Crippen LogP contribution in [0.3, 0.4) is 0 Å². The van der Waals surface area contributed by atoms with E-state index in [9.17, 15) is 18.3 Å². The molecule has 2 aromatic rings. The number of nitriles is 1. The number of aliphatic hydroxyl groups is 1. The van der Waals surface area contributed by atoms with Crippen molar-refractivity contribution < 1.29 is 18.3 Å². The first-order chi connectivity index (χ1) is 11.8. The lowest BCUT2D eigenvalue weighted by Gasteiger charge is -2.25. The van der Waals surface area contributed by atoms with Crippen LogP contribution in [0.2, 0.25) is 0 Å². The summed E-state index contributed by atoms with van der Waals surface area (Å²) >= 11 is 0. The van der Waals surface area contributed by atoms with Crippen LogP contribution in [0.4, 0.5) is 19.1 Å². The van der Waals surface area contributed by atoms with Crippen LogP contribution in [0.5, 0.6) is 0 Å². The molecule has 1 saturated heterocycles. The van der Waals surface area contributed by atoms with E-state index in [1.165, 1.54) is 12.1 Å². The molecule has 1 fully saturated rings. The number of hydrogen-bond donors (Lipinski definition) is 1. The zero-order valence-electron chi connectivity index (χ0n) is 13.3. The summed E-state index contributed by atoms with van der Waals surface area (Å²) in [5, 5.41) is 19.1. The molecule has 0 spiro atoms. The Morgan fingerprint density at radius 1 is 1.28 bits per heavy atom. The highest BCUT2D eigenvalue weighted by molar-refractivity contribution is 5.43. The summed E-state index contributed by atoms with van der Waals surface area (Å²) in [4.78, 5) is 10.1. The lowest BCUT2D eigenvalue weighted by atomic mass is 10.0. The molecule has 1 aromatic carbocycles. The molecule has 0 aliphatic carbocycles. The van der Waals surface area contributed by atoms with Gasteiger partial charge in [0.2, 0.25) is 5.95 Å². The Balaban J connectivity index is 2.01. The second kappa shape index (κ2) is 6.33. The van der Waals surface area contributed by atoms with E-state index in [0.717, 1.165) is 12.1 Å². The standard InChI is InChI=1S/C17H15F3N4O/c1-10-5-13(8-21)23-16(22-10)24-9-14(25)7-15(24)11-3-2-4-12(6-11)17(18,19)20/h2-6,14-15,25H,7,9H2,1H3. The molecule has 25 heavy (non-hydrogen) atoms. The number of nitrogens with zero attached hydrogens (tertiary/aromatic N) is 4. The zero-order chi connectivity index (χ0) is 18.2. The van der Waals surface area contributed by atoms with Gasteiger partial charge in [-0.1, -0.05) is 12.1 Å². The number of anilines is 1. The Labute approximate surface area is 142 Å². The molecule has 1 aliphatic heterocycles. The van der Waals surface area contributed by atoms with Crippen LogP contribution in [0.1, 0.15) is 35.0 Å². The monoisotopic (exact) mass is 348 g/mol. The number of aryl methyl sites for hydroxylation is 1. The molecule has 0 saturated carbocycles. The van der Waals surface area contributed by atoms with E-state index in [-0.39, 0.29) is 24.6 Å². The van der Waals surface area contributed by atoms with Crippen molar-refractivity contribution in [3.8, 4) is 6.07 Å². The Morgan fingerprint density at radius 3 is 2.72 bits per heavy atom. The quantitative estimate of drug-likeness (QED) is 0.903. The Bertz CT molecular complexity index is 831. The second-order valence-corrected chi connectivity index (χ2v) is 5.99. The van der Waals surface area contributed by atoms with Crippen LogP contribution in [0, 0.1) is 18.3 Å².